The number of esters is 2. The lowest BCUT2D eigenvalue weighted by molar-refractivity contribution is -0.176. The van der Waals surface area contributed by atoms with Gasteiger partial charge in [-0.2, -0.15) is 0 Å². The van der Waals surface area contributed by atoms with Crippen LogP contribution in [0.3, 0.4) is 0 Å². The van der Waals surface area contributed by atoms with Crippen molar-refractivity contribution in [3.8, 4) is 0 Å². The third-order valence-electron chi connectivity index (χ3n) is 12.6. The van der Waals surface area contributed by atoms with E-state index in [9.17, 15) is 9.59 Å². The lowest BCUT2D eigenvalue weighted by Crippen LogP contribution is -2.59. The molecule has 8 nitrogen and oxygen atoms in total. The van der Waals surface area contributed by atoms with Crippen molar-refractivity contribution in [3.05, 3.63) is 71.0 Å². The van der Waals surface area contributed by atoms with E-state index in [2.05, 4.69) is 83.0 Å². The molecule has 8 heteroatoms. The van der Waals surface area contributed by atoms with Gasteiger partial charge in [0.05, 0.1) is 24.0 Å². The summed E-state index contributed by atoms with van der Waals surface area (Å²) in [7, 11) is 0. The zero-order chi connectivity index (χ0) is 29.8. The summed E-state index contributed by atoms with van der Waals surface area (Å²) in [5.74, 6) is 1.48. The fourth-order valence-corrected chi connectivity index (χ4v) is 10.2. The van der Waals surface area contributed by atoms with E-state index in [1.807, 2.05) is 0 Å². The van der Waals surface area contributed by atoms with Gasteiger partial charge in [-0.15, -0.1) is 0 Å². The van der Waals surface area contributed by atoms with Gasteiger partial charge < -0.3 is 30.1 Å². The zero-order valence-electron chi connectivity index (χ0n) is 25.4. The number of hydrogen-bond donors (Lipinski definition) is 4. The third kappa shape index (κ3) is 3.36. The van der Waals surface area contributed by atoms with Gasteiger partial charge in [-0.05, 0) is 60.8 Å². The molecule has 0 saturated carbocycles. The molecule has 0 spiro atoms. The van der Waals surface area contributed by atoms with Crippen molar-refractivity contribution < 1.29 is 19.1 Å². The fraction of sp³-hybridized carbons (Fsp3) is 0.500. The molecule has 4 aromatic rings. The van der Waals surface area contributed by atoms with Crippen LogP contribution in [0, 0.1) is 22.7 Å². The van der Waals surface area contributed by atoms with Crippen LogP contribution in [0.5, 0.6) is 0 Å². The smallest absolute Gasteiger partial charge is 0.313 e. The van der Waals surface area contributed by atoms with Crippen molar-refractivity contribution in [2.24, 2.45) is 22.7 Å². The van der Waals surface area contributed by atoms with Gasteiger partial charge in [-0.1, -0.05) is 50.2 Å². The van der Waals surface area contributed by atoms with Crippen LogP contribution < -0.4 is 10.6 Å². The van der Waals surface area contributed by atoms with Gasteiger partial charge in [0.25, 0.3) is 0 Å². The molecule has 2 aliphatic carbocycles. The summed E-state index contributed by atoms with van der Waals surface area (Å²) < 4.78 is 11.3. The summed E-state index contributed by atoms with van der Waals surface area (Å²) in [6, 6.07) is 17.7. The van der Waals surface area contributed by atoms with Crippen LogP contribution in [0.15, 0.2) is 48.5 Å². The van der Waals surface area contributed by atoms with Crippen LogP contribution in [0.1, 0.15) is 86.0 Å². The highest BCUT2D eigenvalue weighted by Gasteiger charge is 2.59. The third-order valence-corrected chi connectivity index (χ3v) is 12.6. The number of benzene rings is 2. The Morgan fingerprint density at radius 3 is 1.55 bits per heavy atom. The quantitative estimate of drug-likeness (QED) is 0.221. The molecule has 0 unspecified atom stereocenters. The number of ether oxygens (including phenoxy) is 2. The second-order valence-electron chi connectivity index (χ2n) is 14.0. The summed E-state index contributed by atoms with van der Waals surface area (Å²) in [5.41, 5.74) is 7.10. The molecule has 4 fully saturated rings. The lowest BCUT2D eigenvalue weighted by Gasteiger charge is -2.53. The van der Waals surface area contributed by atoms with E-state index in [0.29, 0.717) is 49.0 Å². The van der Waals surface area contributed by atoms with Crippen LogP contribution in [0.25, 0.3) is 21.8 Å². The normalized spacial score (nSPS) is 36.0. The highest BCUT2D eigenvalue weighted by atomic mass is 16.5. The first-order chi connectivity index (χ1) is 21.5. The largest absolute Gasteiger partial charge is 0.465 e. The molecule has 44 heavy (non-hydrogen) atoms. The minimum absolute atomic E-state index is 0.00508. The maximum absolute atomic E-state index is 12.5. The zero-order valence-corrected chi connectivity index (χ0v) is 25.4. The predicted molar refractivity (Wildman–Crippen MR) is 167 cm³/mol. The molecule has 2 aromatic heterocycles. The van der Waals surface area contributed by atoms with Crippen LogP contribution in [-0.4, -0.2) is 48.2 Å². The number of rotatable bonds is 2. The Labute approximate surface area is 256 Å². The topological polar surface area (TPSA) is 108 Å². The van der Waals surface area contributed by atoms with Crippen molar-refractivity contribution >= 4 is 33.7 Å². The Hall–Kier alpha value is -3.62. The summed E-state index contributed by atoms with van der Waals surface area (Å²) in [4.78, 5) is 32.2. The summed E-state index contributed by atoms with van der Waals surface area (Å²) in [6.45, 7) is 6.79. The van der Waals surface area contributed by atoms with Gasteiger partial charge in [0.15, 0.2) is 0 Å². The Balaban J connectivity index is 0.000000123. The number of aromatic amines is 2. The molecule has 8 atom stereocenters. The average Bonchev–Trinajstić information content (AvgIpc) is 3.66. The van der Waals surface area contributed by atoms with Gasteiger partial charge >= 0.3 is 11.9 Å². The maximum Gasteiger partial charge on any atom is 0.313 e. The molecular formula is C36H40N4O4. The van der Waals surface area contributed by atoms with E-state index in [1.165, 1.54) is 44.3 Å². The van der Waals surface area contributed by atoms with E-state index < -0.39 is 0 Å². The molecule has 6 heterocycles. The molecule has 6 aliphatic rings. The molecule has 10 rings (SSSR count). The van der Waals surface area contributed by atoms with Gasteiger partial charge in [-0.25, -0.2) is 0 Å². The number of para-hydroxylation sites is 2. The standard InChI is InChI=1S/2C18H20N2O2/c2*1-2-18-9-19-14-7-12(18)11(8-22-17(18)21)15-10-5-3-4-6-13(10)20-16(14)15/h2*3-6,11-12,14,19-20H,2,7-9H2,1H3/t2*11-,12-,14+,18-/m11/s1. The molecule has 4 N–H and O–H groups in total. The van der Waals surface area contributed by atoms with Crippen molar-refractivity contribution in [2.75, 3.05) is 26.3 Å². The SMILES string of the molecule is CC[C@@]12CN[C@H]3C[C@@H]1[C@@H](COC2=O)c1c3[nH]c2ccccc12.CC[C@@]12CN[C@H]3C[C@@H]1[C@@H](COC2=O)c1c3[nH]c2ccccc12. The average molecular weight is 593 g/mol. The van der Waals surface area contributed by atoms with Gasteiger partial charge in [0.1, 0.15) is 0 Å². The minimum atomic E-state index is -0.338. The molecule has 4 bridgehead atoms. The Kier molecular flexibility index (Phi) is 5.74. The Morgan fingerprint density at radius 1 is 0.682 bits per heavy atom. The van der Waals surface area contributed by atoms with E-state index >= 15 is 0 Å². The molecule has 4 saturated heterocycles. The number of cyclic esters (lactones) is 2. The monoisotopic (exact) mass is 592 g/mol. The van der Waals surface area contributed by atoms with E-state index in [1.54, 1.807) is 0 Å². The Bertz CT molecular complexity index is 1690. The molecule has 4 aliphatic heterocycles. The van der Waals surface area contributed by atoms with Gasteiger partial charge in [0.2, 0.25) is 0 Å². The molecule has 0 radical (unpaired) electrons. The van der Waals surface area contributed by atoms with E-state index in [-0.39, 0.29) is 22.8 Å². The number of piperidine rings is 2. The van der Waals surface area contributed by atoms with Crippen molar-refractivity contribution in [3.63, 3.8) is 0 Å². The molecular weight excluding hydrogens is 552 g/mol. The second kappa shape index (κ2) is 9.44. The first kappa shape index (κ1) is 26.8. The van der Waals surface area contributed by atoms with Crippen molar-refractivity contribution in [1.29, 1.82) is 0 Å². The molecule has 0 amide bonds. The van der Waals surface area contributed by atoms with Crippen LogP contribution in [0.4, 0.5) is 0 Å². The first-order valence-corrected chi connectivity index (χ1v) is 16.5. The highest BCUT2D eigenvalue weighted by Crippen LogP contribution is 2.58. The second-order valence-corrected chi connectivity index (χ2v) is 14.0. The summed E-state index contributed by atoms with van der Waals surface area (Å²) in [5, 5.41) is 9.82. The highest BCUT2D eigenvalue weighted by molar-refractivity contribution is 5.88. The van der Waals surface area contributed by atoms with E-state index in [0.717, 1.165) is 38.8 Å². The summed E-state index contributed by atoms with van der Waals surface area (Å²) in [6.07, 6.45) is 3.77. The predicted octanol–water partition coefficient (Wildman–Crippen LogP) is 5.74. The Morgan fingerprint density at radius 2 is 1.11 bits per heavy atom. The number of carbonyl (C=O) groups excluding carboxylic acids is 2. The minimum Gasteiger partial charge on any atom is -0.465 e. The number of aromatic nitrogens is 2. The number of carbonyl (C=O) groups is 2. The lowest BCUT2D eigenvalue weighted by atomic mass is 9.57. The maximum atomic E-state index is 12.5. The van der Waals surface area contributed by atoms with Crippen LogP contribution in [0.2, 0.25) is 0 Å². The van der Waals surface area contributed by atoms with Crippen molar-refractivity contribution in [2.45, 2.75) is 63.5 Å². The van der Waals surface area contributed by atoms with Crippen LogP contribution in [-0.2, 0) is 19.1 Å². The fourth-order valence-electron chi connectivity index (χ4n) is 10.2. The molecule has 2 aromatic carbocycles. The van der Waals surface area contributed by atoms with Crippen molar-refractivity contribution in [1.82, 2.24) is 20.6 Å². The number of nitrogens with one attached hydrogen (secondary N) is 4. The summed E-state index contributed by atoms with van der Waals surface area (Å²) >= 11 is 0. The number of hydrogen-bond acceptors (Lipinski definition) is 6. The van der Waals surface area contributed by atoms with E-state index in [4.69, 9.17) is 9.47 Å². The van der Waals surface area contributed by atoms with Gasteiger partial charge in [-0.3, -0.25) is 9.59 Å². The first-order valence-electron chi connectivity index (χ1n) is 16.5. The molecule has 228 valence electrons. The number of fused-ring (bicyclic) bond motifs is 12. The number of H-pyrrole nitrogens is 2. The van der Waals surface area contributed by atoms with Gasteiger partial charge in [0, 0.05) is 70.2 Å². The van der Waals surface area contributed by atoms with Crippen LogP contribution >= 0.6 is 0 Å².